The molecule has 3 rings (SSSR count). The molecule has 0 aliphatic carbocycles. The third-order valence-electron chi connectivity index (χ3n) is 4.25. The zero-order valence-corrected chi connectivity index (χ0v) is 14.3. The zero-order valence-electron chi connectivity index (χ0n) is 13.5. The van der Waals surface area contributed by atoms with E-state index in [1.54, 1.807) is 17.0 Å². The van der Waals surface area contributed by atoms with Gasteiger partial charge in [-0.25, -0.2) is 8.42 Å². The molecular weight excluding hydrogens is 332 g/mol. The predicted octanol–water partition coefficient (Wildman–Crippen LogP) is 0.709. The fourth-order valence-electron chi connectivity index (χ4n) is 2.85. The highest BCUT2D eigenvalue weighted by Gasteiger charge is 2.26. The molecule has 1 amide bonds. The van der Waals surface area contributed by atoms with Crippen LogP contribution in [-0.2, 0) is 19.6 Å². The number of morpholine rings is 1. The number of ether oxygens (including phenoxy) is 2. The molecule has 1 aromatic carbocycles. The third-order valence-corrected chi connectivity index (χ3v) is 6.17. The molecule has 8 heteroatoms. The van der Waals surface area contributed by atoms with Gasteiger partial charge in [-0.15, -0.1) is 0 Å². The summed E-state index contributed by atoms with van der Waals surface area (Å²) >= 11 is 0. The van der Waals surface area contributed by atoms with Crippen molar-refractivity contribution in [2.24, 2.45) is 0 Å². The lowest BCUT2D eigenvalue weighted by Crippen LogP contribution is -2.40. The molecule has 7 nitrogen and oxygen atoms in total. The van der Waals surface area contributed by atoms with Crippen molar-refractivity contribution in [3.8, 4) is 5.75 Å². The van der Waals surface area contributed by atoms with Gasteiger partial charge in [0.2, 0.25) is 10.0 Å². The number of nitrogens with zero attached hydrogens (tertiary/aromatic N) is 2. The second-order valence-corrected chi connectivity index (χ2v) is 7.80. The summed E-state index contributed by atoms with van der Waals surface area (Å²) in [5, 5.41) is 0. The van der Waals surface area contributed by atoms with E-state index in [9.17, 15) is 13.2 Å². The van der Waals surface area contributed by atoms with E-state index in [2.05, 4.69) is 0 Å². The largest absolute Gasteiger partial charge is 0.484 e. The van der Waals surface area contributed by atoms with E-state index in [0.717, 1.165) is 25.9 Å². The van der Waals surface area contributed by atoms with Crippen LogP contribution in [0.25, 0.3) is 0 Å². The van der Waals surface area contributed by atoms with Gasteiger partial charge in [-0.3, -0.25) is 4.79 Å². The Labute approximate surface area is 142 Å². The molecule has 0 saturated carbocycles. The zero-order chi connectivity index (χ0) is 17.0. The third kappa shape index (κ3) is 3.88. The minimum atomic E-state index is -3.50. The Kier molecular flexibility index (Phi) is 5.37. The van der Waals surface area contributed by atoms with Crippen LogP contribution in [0, 0.1) is 0 Å². The molecule has 132 valence electrons. The molecule has 2 heterocycles. The van der Waals surface area contributed by atoms with Gasteiger partial charge in [-0.2, -0.15) is 4.31 Å². The Morgan fingerprint density at radius 3 is 2.29 bits per heavy atom. The summed E-state index contributed by atoms with van der Waals surface area (Å²) < 4.78 is 37.1. The second kappa shape index (κ2) is 7.50. The van der Waals surface area contributed by atoms with Gasteiger partial charge in [0, 0.05) is 26.2 Å². The Morgan fingerprint density at radius 1 is 1.04 bits per heavy atom. The lowest BCUT2D eigenvalue weighted by molar-refractivity contribution is -0.132. The molecule has 2 saturated heterocycles. The molecule has 2 aliphatic heterocycles. The molecule has 2 fully saturated rings. The summed E-state index contributed by atoms with van der Waals surface area (Å²) in [6.07, 6.45) is 2.08. The standard InChI is InChI=1S/C16H22N2O5S/c19-16(17-7-1-2-8-17)13-23-14-3-5-15(6-4-14)24(20,21)18-9-11-22-12-10-18/h3-6H,1-2,7-13H2. The molecule has 24 heavy (non-hydrogen) atoms. The predicted molar refractivity (Wildman–Crippen MR) is 87.3 cm³/mol. The van der Waals surface area contributed by atoms with Crippen LogP contribution < -0.4 is 4.74 Å². The van der Waals surface area contributed by atoms with E-state index >= 15 is 0 Å². The number of sulfonamides is 1. The maximum absolute atomic E-state index is 12.5. The molecule has 2 aliphatic rings. The monoisotopic (exact) mass is 354 g/mol. The maximum atomic E-state index is 12.5. The fourth-order valence-corrected chi connectivity index (χ4v) is 4.25. The van der Waals surface area contributed by atoms with Crippen LogP contribution in [0.2, 0.25) is 0 Å². The first-order valence-electron chi connectivity index (χ1n) is 8.16. The van der Waals surface area contributed by atoms with Crippen molar-refractivity contribution in [2.45, 2.75) is 17.7 Å². The van der Waals surface area contributed by atoms with E-state index in [1.165, 1.54) is 16.4 Å². The van der Waals surface area contributed by atoms with Crippen LogP contribution in [0.3, 0.4) is 0 Å². The smallest absolute Gasteiger partial charge is 0.260 e. The topological polar surface area (TPSA) is 76.2 Å². The van der Waals surface area contributed by atoms with Crippen molar-refractivity contribution < 1.29 is 22.7 Å². The molecular formula is C16H22N2O5S. The van der Waals surface area contributed by atoms with Crippen molar-refractivity contribution in [3.63, 3.8) is 0 Å². The van der Waals surface area contributed by atoms with Crippen LogP contribution in [0.5, 0.6) is 5.75 Å². The number of likely N-dealkylation sites (tertiary alicyclic amines) is 1. The van der Waals surface area contributed by atoms with Crippen molar-refractivity contribution >= 4 is 15.9 Å². The number of carbonyl (C=O) groups excluding carboxylic acids is 1. The molecule has 0 N–H and O–H groups in total. The lowest BCUT2D eigenvalue weighted by atomic mass is 10.3. The first-order chi connectivity index (χ1) is 11.6. The van der Waals surface area contributed by atoms with Gasteiger partial charge in [0.25, 0.3) is 5.91 Å². The van der Waals surface area contributed by atoms with Crippen LogP contribution in [0.15, 0.2) is 29.2 Å². The van der Waals surface area contributed by atoms with Gasteiger partial charge in [0.1, 0.15) is 5.75 Å². The number of carbonyl (C=O) groups is 1. The molecule has 0 spiro atoms. The Morgan fingerprint density at radius 2 is 1.67 bits per heavy atom. The Balaban J connectivity index is 1.59. The summed E-state index contributed by atoms with van der Waals surface area (Å²) in [4.78, 5) is 14.0. The molecule has 1 aromatic rings. The quantitative estimate of drug-likeness (QED) is 0.778. The van der Waals surface area contributed by atoms with E-state index < -0.39 is 10.0 Å². The van der Waals surface area contributed by atoms with Gasteiger partial charge >= 0.3 is 0 Å². The summed E-state index contributed by atoms with van der Waals surface area (Å²) in [6, 6.07) is 6.20. The van der Waals surface area contributed by atoms with Gasteiger partial charge < -0.3 is 14.4 Å². The van der Waals surface area contributed by atoms with Crippen molar-refractivity contribution in [2.75, 3.05) is 46.0 Å². The van der Waals surface area contributed by atoms with Crippen molar-refractivity contribution in [1.29, 1.82) is 0 Å². The normalized spacial score (nSPS) is 19.4. The molecule has 0 aromatic heterocycles. The van der Waals surface area contributed by atoms with Gasteiger partial charge in [0.15, 0.2) is 6.61 Å². The van der Waals surface area contributed by atoms with Gasteiger partial charge in [-0.05, 0) is 37.1 Å². The van der Waals surface area contributed by atoms with E-state index in [0.29, 0.717) is 32.1 Å². The summed E-state index contributed by atoms with van der Waals surface area (Å²) in [6.45, 7) is 3.13. The number of hydrogen-bond acceptors (Lipinski definition) is 5. The summed E-state index contributed by atoms with van der Waals surface area (Å²) in [5.74, 6) is 0.459. The lowest BCUT2D eigenvalue weighted by Gasteiger charge is -2.26. The average Bonchev–Trinajstić information content (AvgIpc) is 3.15. The second-order valence-electron chi connectivity index (χ2n) is 5.86. The minimum Gasteiger partial charge on any atom is -0.484 e. The highest BCUT2D eigenvalue weighted by molar-refractivity contribution is 7.89. The van der Waals surface area contributed by atoms with Crippen LogP contribution in [0.4, 0.5) is 0 Å². The highest BCUT2D eigenvalue weighted by Crippen LogP contribution is 2.20. The summed E-state index contributed by atoms with van der Waals surface area (Å²) in [7, 11) is -3.50. The van der Waals surface area contributed by atoms with Gasteiger partial charge in [-0.1, -0.05) is 0 Å². The van der Waals surface area contributed by atoms with Crippen molar-refractivity contribution in [1.82, 2.24) is 9.21 Å². The Bertz CT molecular complexity index is 662. The SMILES string of the molecule is O=C(COc1ccc(S(=O)(=O)N2CCOCC2)cc1)N1CCCC1. The number of rotatable bonds is 5. The number of benzene rings is 1. The number of hydrogen-bond donors (Lipinski definition) is 0. The average molecular weight is 354 g/mol. The molecule has 0 bridgehead atoms. The molecule has 0 unspecified atom stereocenters. The fraction of sp³-hybridized carbons (Fsp3) is 0.562. The van der Waals surface area contributed by atoms with Crippen LogP contribution in [0.1, 0.15) is 12.8 Å². The Hall–Kier alpha value is -1.64. The molecule has 0 radical (unpaired) electrons. The number of amides is 1. The van der Waals surface area contributed by atoms with Crippen molar-refractivity contribution in [3.05, 3.63) is 24.3 Å². The van der Waals surface area contributed by atoms with Gasteiger partial charge in [0.05, 0.1) is 18.1 Å². The van der Waals surface area contributed by atoms with E-state index in [4.69, 9.17) is 9.47 Å². The summed E-state index contributed by atoms with van der Waals surface area (Å²) in [5.41, 5.74) is 0. The highest BCUT2D eigenvalue weighted by atomic mass is 32.2. The minimum absolute atomic E-state index is 0.0183. The van der Waals surface area contributed by atoms with E-state index in [-0.39, 0.29) is 17.4 Å². The van der Waals surface area contributed by atoms with E-state index in [1.807, 2.05) is 0 Å². The van der Waals surface area contributed by atoms with Crippen LogP contribution in [-0.4, -0.2) is 69.5 Å². The first kappa shape index (κ1) is 17.2. The van der Waals surface area contributed by atoms with Crippen LogP contribution >= 0.6 is 0 Å². The first-order valence-corrected chi connectivity index (χ1v) is 9.60. The molecule has 0 atom stereocenters. The maximum Gasteiger partial charge on any atom is 0.260 e.